The van der Waals surface area contributed by atoms with Crippen LogP contribution in [0.3, 0.4) is 0 Å². The Hall–Kier alpha value is -2.43. The summed E-state index contributed by atoms with van der Waals surface area (Å²) in [6.45, 7) is 4.02. The molecule has 0 heterocycles. The monoisotopic (exact) mass is 290 g/mol. The van der Waals surface area contributed by atoms with Gasteiger partial charge in [0.25, 0.3) is 5.91 Å². The van der Waals surface area contributed by atoms with E-state index in [9.17, 15) is 13.6 Å². The van der Waals surface area contributed by atoms with Crippen LogP contribution in [-0.2, 0) is 0 Å². The number of nitrogens with one attached hydrogen (secondary N) is 2. The number of benzene rings is 2. The van der Waals surface area contributed by atoms with Crippen molar-refractivity contribution in [1.82, 2.24) is 0 Å². The van der Waals surface area contributed by atoms with E-state index in [1.807, 2.05) is 6.92 Å². The summed E-state index contributed by atoms with van der Waals surface area (Å²) < 4.78 is 27.1. The van der Waals surface area contributed by atoms with Crippen molar-refractivity contribution in [3.63, 3.8) is 0 Å². The first-order chi connectivity index (χ1) is 10.0. The smallest absolute Gasteiger partial charge is 0.257 e. The van der Waals surface area contributed by atoms with E-state index in [2.05, 4.69) is 10.6 Å². The molecular weight excluding hydrogens is 274 g/mol. The molecule has 0 saturated carbocycles. The molecule has 0 aliphatic heterocycles. The van der Waals surface area contributed by atoms with Crippen LogP contribution in [0.1, 0.15) is 22.8 Å². The minimum absolute atomic E-state index is 0.144. The average molecular weight is 290 g/mol. The molecule has 0 aliphatic carbocycles. The van der Waals surface area contributed by atoms with E-state index in [0.717, 1.165) is 0 Å². The number of carbonyl (C=O) groups excluding carboxylic acids is 1. The Kier molecular flexibility index (Phi) is 4.52. The van der Waals surface area contributed by atoms with Crippen LogP contribution in [-0.4, -0.2) is 12.5 Å². The SMILES string of the molecule is CCNc1c(F)cccc1C(=O)Nc1cc(C)cc(F)c1. The van der Waals surface area contributed by atoms with E-state index in [1.165, 1.54) is 30.3 Å². The lowest BCUT2D eigenvalue weighted by atomic mass is 10.1. The first-order valence-corrected chi connectivity index (χ1v) is 6.62. The predicted molar refractivity (Wildman–Crippen MR) is 79.7 cm³/mol. The molecule has 0 bridgehead atoms. The standard InChI is InChI=1S/C16H16F2N2O/c1-3-19-15-13(5-4-6-14(15)18)16(21)20-12-8-10(2)7-11(17)9-12/h4-9,19H,3H2,1-2H3,(H,20,21). The number of rotatable bonds is 4. The molecule has 0 aromatic heterocycles. The van der Waals surface area contributed by atoms with E-state index in [4.69, 9.17) is 0 Å². The Bertz CT molecular complexity index is 651. The molecule has 1 amide bonds. The molecule has 2 rings (SSSR count). The Balaban J connectivity index is 2.30. The number of anilines is 2. The lowest BCUT2D eigenvalue weighted by molar-refractivity contribution is 0.102. The van der Waals surface area contributed by atoms with Gasteiger partial charge in [0, 0.05) is 12.2 Å². The normalized spacial score (nSPS) is 10.3. The summed E-state index contributed by atoms with van der Waals surface area (Å²) in [6, 6.07) is 8.48. The maximum Gasteiger partial charge on any atom is 0.257 e. The minimum Gasteiger partial charge on any atom is -0.382 e. The van der Waals surface area contributed by atoms with Gasteiger partial charge in [0.2, 0.25) is 0 Å². The van der Waals surface area contributed by atoms with Crippen LogP contribution in [0.4, 0.5) is 20.2 Å². The number of aryl methyl sites for hydroxylation is 1. The molecule has 0 spiro atoms. The van der Waals surface area contributed by atoms with Gasteiger partial charge in [-0.3, -0.25) is 4.79 Å². The Morgan fingerprint density at radius 1 is 1.19 bits per heavy atom. The van der Waals surface area contributed by atoms with Gasteiger partial charge in [0.1, 0.15) is 11.6 Å². The quantitative estimate of drug-likeness (QED) is 0.895. The minimum atomic E-state index is -0.500. The van der Waals surface area contributed by atoms with Crippen molar-refractivity contribution in [2.75, 3.05) is 17.2 Å². The number of amides is 1. The van der Waals surface area contributed by atoms with E-state index in [0.29, 0.717) is 17.8 Å². The third-order valence-corrected chi connectivity index (χ3v) is 2.91. The number of halogens is 2. The number of carbonyl (C=O) groups is 1. The van der Waals surface area contributed by atoms with Gasteiger partial charge < -0.3 is 10.6 Å². The Morgan fingerprint density at radius 2 is 1.95 bits per heavy atom. The maximum atomic E-state index is 13.8. The molecule has 21 heavy (non-hydrogen) atoms. The van der Waals surface area contributed by atoms with Crippen molar-refractivity contribution in [2.45, 2.75) is 13.8 Å². The molecule has 3 nitrogen and oxygen atoms in total. The zero-order valence-corrected chi connectivity index (χ0v) is 11.8. The second-order valence-corrected chi connectivity index (χ2v) is 4.66. The molecule has 2 N–H and O–H groups in total. The van der Waals surface area contributed by atoms with Crippen LogP contribution < -0.4 is 10.6 Å². The van der Waals surface area contributed by atoms with Crippen LogP contribution in [0.5, 0.6) is 0 Å². The molecule has 5 heteroatoms. The van der Waals surface area contributed by atoms with Gasteiger partial charge in [-0.1, -0.05) is 6.07 Å². The fraction of sp³-hybridized carbons (Fsp3) is 0.188. The lowest BCUT2D eigenvalue weighted by Crippen LogP contribution is -2.16. The summed E-state index contributed by atoms with van der Waals surface area (Å²) in [5.74, 6) is -1.42. The van der Waals surface area contributed by atoms with Gasteiger partial charge in [-0.2, -0.15) is 0 Å². The summed E-state index contributed by atoms with van der Waals surface area (Å²) in [7, 11) is 0. The van der Waals surface area contributed by atoms with Gasteiger partial charge in [0.05, 0.1) is 11.3 Å². The zero-order valence-electron chi connectivity index (χ0n) is 11.8. The largest absolute Gasteiger partial charge is 0.382 e. The van der Waals surface area contributed by atoms with E-state index in [1.54, 1.807) is 13.0 Å². The van der Waals surface area contributed by atoms with Crippen molar-refractivity contribution in [2.24, 2.45) is 0 Å². The second-order valence-electron chi connectivity index (χ2n) is 4.66. The summed E-state index contributed by atoms with van der Waals surface area (Å²) in [6.07, 6.45) is 0. The molecular formula is C16H16F2N2O. The topological polar surface area (TPSA) is 41.1 Å². The van der Waals surface area contributed by atoms with Crippen LogP contribution in [0.2, 0.25) is 0 Å². The van der Waals surface area contributed by atoms with Crippen molar-refractivity contribution in [3.05, 3.63) is 59.2 Å². The summed E-state index contributed by atoms with van der Waals surface area (Å²) in [5, 5.41) is 5.40. The van der Waals surface area contributed by atoms with Crippen LogP contribution in [0, 0.1) is 18.6 Å². The Morgan fingerprint density at radius 3 is 2.62 bits per heavy atom. The molecule has 110 valence electrons. The molecule has 2 aromatic rings. The van der Waals surface area contributed by atoms with Crippen molar-refractivity contribution < 1.29 is 13.6 Å². The third-order valence-electron chi connectivity index (χ3n) is 2.91. The van der Waals surface area contributed by atoms with Crippen LogP contribution in [0.15, 0.2) is 36.4 Å². The fourth-order valence-electron chi connectivity index (χ4n) is 2.08. The maximum absolute atomic E-state index is 13.8. The Labute approximate surface area is 122 Å². The zero-order chi connectivity index (χ0) is 15.4. The molecule has 0 saturated heterocycles. The molecule has 2 aromatic carbocycles. The van der Waals surface area contributed by atoms with Crippen molar-refractivity contribution in [1.29, 1.82) is 0 Å². The molecule has 0 atom stereocenters. The van der Waals surface area contributed by atoms with E-state index in [-0.39, 0.29) is 11.3 Å². The highest BCUT2D eigenvalue weighted by molar-refractivity contribution is 6.08. The summed E-state index contributed by atoms with van der Waals surface area (Å²) in [4.78, 5) is 12.2. The van der Waals surface area contributed by atoms with Gasteiger partial charge in [0.15, 0.2) is 0 Å². The van der Waals surface area contributed by atoms with Gasteiger partial charge in [-0.25, -0.2) is 8.78 Å². The third kappa shape index (κ3) is 3.56. The van der Waals surface area contributed by atoms with E-state index >= 15 is 0 Å². The van der Waals surface area contributed by atoms with Gasteiger partial charge in [-0.05, 0) is 49.7 Å². The van der Waals surface area contributed by atoms with Gasteiger partial charge >= 0.3 is 0 Å². The predicted octanol–water partition coefficient (Wildman–Crippen LogP) is 3.96. The highest BCUT2D eigenvalue weighted by Crippen LogP contribution is 2.22. The number of hydrogen-bond donors (Lipinski definition) is 2. The van der Waals surface area contributed by atoms with E-state index < -0.39 is 17.5 Å². The van der Waals surface area contributed by atoms with Crippen molar-refractivity contribution in [3.8, 4) is 0 Å². The average Bonchev–Trinajstić information content (AvgIpc) is 2.40. The van der Waals surface area contributed by atoms with Crippen LogP contribution >= 0.6 is 0 Å². The molecule has 0 aliphatic rings. The fourth-order valence-corrected chi connectivity index (χ4v) is 2.08. The lowest BCUT2D eigenvalue weighted by Gasteiger charge is -2.12. The molecule has 0 fully saturated rings. The van der Waals surface area contributed by atoms with Gasteiger partial charge in [-0.15, -0.1) is 0 Å². The second kappa shape index (κ2) is 6.35. The summed E-state index contributed by atoms with van der Waals surface area (Å²) in [5.41, 5.74) is 1.35. The first kappa shape index (κ1) is 15.0. The molecule has 0 radical (unpaired) electrons. The highest BCUT2D eigenvalue weighted by Gasteiger charge is 2.15. The summed E-state index contributed by atoms with van der Waals surface area (Å²) >= 11 is 0. The van der Waals surface area contributed by atoms with Crippen LogP contribution in [0.25, 0.3) is 0 Å². The number of hydrogen-bond acceptors (Lipinski definition) is 2. The first-order valence-electron chi connectivity index (χ1n) is 6.62. The highest BCUT2D eigenvalue weighted by atomic mass is 19.1. The number of para-hydroxylation sites is 1. The van der Waals surface area contributed by atoms with Crippen molar-refractivity contribution >= 4 is 17.3 Å². The molecule has 0 unspecified atom stereocenters.